The zero-order valence-electron chi connectivity index (χ0n) is 20.1. The first-order valence-corrected chi connectivity index (χ1v) is 10.8. The van der Waals surface area contributed by atoms with Crippen molar-refractivity contribution in [3.8, 4) is 11.5 Å². The third-order valence-corrected chi connectivity index (χ3v) is 5.29. The molecule has 0 fully saturated rings. The normalized spacial score (nSPS) is 15.6. The molecular weight excluding hydrogens is 420 g/mol. The maximum Gasteiger partial charge on any atom is 0.318 e. The molecule has 0 radical (unpaired) electrons. The lowest BCUT2D eigenvalue weighted by Gasteiger charge is -2.28. The predicted octanol–water partition coefficient (Wildman–Crippen LogP) is 3.82. The van der Waals surface area contributed by atoms with Gasteiger partial charge in [0.2, 0.25) is 0 Å². The van der Waals surface area contributed by atoms with Gasteiger partial charge in [0.15, 0.2) is 0 Å². The third-order valence-electron chi connectivity index (χ3n) is 5.29. The van der Waals surface area contributed by atoms with Crippen LogP contribution in [0.25, 0.3) is 0 Å². The van der Waals surface area contributed by atoms with Crippen molar-refractivity contribution in [2.75, 3.05) is 27.8 Å². The van der Waals surface area contributed by atoms with E-state index < -0.39 is 5.54 Å². The summed E-state index contributed by atoms with van der Waals surface area (Å²) in [5.74, 6) is 1.24. The van der Waals surface area contributed by atoms with Crippen LogP contribution in [0.15, 0.2) is 53.6 Å². The Kier molecular flexibility index (Phi) is 7.26. The van der Waals surface area contributed by atoms with Crippen molar-refractivity contribution in [3.05, 3.63) is 59.7 Å². The lowest BCUT2D eigenvalue weighted by atomic mass is 9.98. The molecule has 3 amide bonds. The molecule has 0 bridgehead atoms. The molecule has 2 aromatic carbocycles. The second-order valence-corrected chi connectivity index (χ2v) is 9.04. The molecule has 0 saturated carbocycles. The van der Waals surface area contributed by atoms with Gasteiger partial charge in [0.05, 0.1) is 26.0 Å². The summed E-state index contributed by atoms with van der Waals surface area (Å²) in [5, 5.41) is 9.03. The molecule has 0 aromatic heterocycles. The SMILES string of the molecule is COc1ccc(C2=NN(C(=O)CN(C)C(=O)NC(C)(C)C)C(c3ccc(OC)cc3)C2)cc1. The van der Waals surface area contributed by atoms with Gasteiger partial charge in [-0.3, -0.25) is 4.79 Å². The highest BCUT2D eigenvalue weighted by Gasteiger charge is 2.34. The average Bonchev–Trinajstić information content (AvgIpc) is 3.23. The van der Waals surface area contributed by atoms with Crippen LogP contribution >= 0.6 is 0 Å². The van der Waals surface area contributed by atoms with Gasteiger partial charge >= 0.3 is 6.03 Å². The summed E-state index contributed by atoms with van der Waals surface area (Å²) in [5.41, 5.74) is 2.27. The van der Waals surface area contributed by atoms with Crippen molar-refractivity contribution < 1.29 is 19.1 Å². The van der Waals surface area contributed by atoms with Gasteiger partial charge in [-0.05, 0) is 68.3 Å². The van der Waals surface area contributed by atoms with E-state index in [9.17, 15) is 9.59 Å². The van der Waals surface area contributed by atoms with Crippen LogP contribution in [0.2, 0.25) is 0 Å². The maximum atomic E-state index is 13.3. The molecule has 8 nitrogen and oxygen atoms in total. The maximum absolute atomic E-state index is 13.3. The van der Waals surface area contributed by atoms with Gasteiger partial charge in [-0.2, -0.15) is 5.10 Å². The standard InChI is InChI=1S/C25H32N4O4/c1-25(2,3)26-24(31)28(4)16-23(30)29-22(18-9-13-20(33-6)14-10-18)15-21(27-29)17-7-11-19(32-5)12-8-17/h7-14,22H,15-16H2,1-6H3,(H,26,31). The molecule has 1 aliphatic heterocycles. The number of urea groups is 1. The number of carbonyl (C=O) groups excluding carboxylic acids is 2. The summed E-state index contributed by atoms with van der Waals surface area (Å²) in [6.07, 6.45) is 0.558. The Balaban J connectivity index is 1.85. The van der Waals surface area contributed by atoms with Crippen LogP contribution in [0.5, 0.6) is 11.5 Å². The Morgan fingerprint density at radius 1 is 1.03 bits per heavy atom. The highest BCUT2D eigenvalue weighted by molar-refractivity contribution is 6.03. The molecule has 0 saturated heterocycles. The molecule has 1 atom stereocenters. The smallest absolute Gasteiger partial charge is 0.318 e. The quantitative estimate of drug-likeness (QED) is 0.722. The molecule has 0 aliphatic carbocycles. The van der Waals surface area contributed by atoms with Crippen LogP contribution in [0.3, 0.4) is 0 Å². The summed E-state index contributed by atoms with van der Waals surface area (Å²) in [7, 11) is 4.84. The zero-order valence-corrected chi connectivity index (χ0v) is 20.1. The second-order valence-electron chi connectivity index (χ2n) is 9.04. The average molecular weight is 453 g/mol. The van der Waals surface area contributed by atoms with Gasteiger partial charge in [0.1, 0.15) is 18.0 Å². The Labute approximate surface area is 195 Å². The number of rotatable bonds is 6. The van der Waals surface area contributed by atoms with Gasteiger partial charge in [-0.15, -0.1) is 0 Å². The van der Waals surface area contributed by atoms with E-state index in [-0.39, 0.29) is 24.5 Å². The topological polar surface area (TPSA) is 83.5 Å². The van der Waals surface area contributed by atoms with Gasteiger partial charge in [0, 0.05) is 19.0 Å². The molecule has 1 N–H and O–H groups in total. The third kappa shape index (κ3) is 6.03. The molecule has 1 heterocycles. The van der Waals surface area contributed by atoms with E-state index in [0.717, 1.165) is 28.3 Å². The zero-order chi connectivity index (χ0) is 24.2. The van der Waals surface area contributed by atoms with Gasteiger partial charge in [0.25, 0.3) is 5.91 Å². The van der Waals surface area contributed by atoms with E-state index >= 15 is 0 Å². The van der Waals surface area contributed by atoms with Crippen LogP contribution in [-0.4, -0.2) is 60.9 Å². The minimum atomic E-state index is -0.395. The summed E-state index contributed by atoms with van der Waals surface area (Å²) in [4.78, 5) is 27.1. The number of nitrogens with one attached hydrogen (secondary N) is 1. The van der Waals surface area contributed by atoms with Crippen molar-refractivity contribution >= 4 is 17.6 Å². The summed E-state index contributed by atoms with van der Waals surface area (Å²) in [6.45, 7) is 5.60. The number of hydrogen-bond acceptors (Lipinski definition) is 5. The fourth-order valence-electron chi connectivity index (χ4n) is 3.55. The molecule has 2 aromatic rings. The van der Waals surface area contributed by atoms with E-state index in [2.05, 4.69) is 10.4 Å². The van der Waals surface area contributed by atoms with Gasteiger partial charge in [-0.25, -0.2) is 9.80 Å². The molecule has 1 aliphatic rings. The molecule has 0 spiro atoms. The molecule has 8 heteroatoms. The first-order chi connectivity index (χ1) is 15.6. The number of amides is 3. The van der Waals surface area contributed by atoms with Crippen molar-refractivity contribution in [2.45, 2.75) is 38.8 Å². The fourth-order valence-corrected chi connectivity index (χ4v) is 3.55. The first kappa shape index (κ1) is 24.1. The number of ether oxygens (including phenoxy) is 2. The van der Waals surface area contributed by atoms with Crippen molar-refractivity contribution in [3.63, 3.8) is 0 Å². The number of hydrogen-bond donors (Lipinski definition) is 1. The van der Waals surface area contributed by atoms with Crippen LogP contribution in [-0.2, 0) is 4.79 Å². The molecule has 1 unspecified atom stereocenters. The van der Waals surface area contributed by atoms with E-state index in [1.54, 1.807) is 21.3 Å². The van der Waals surface area contributed by atoms with Crippen molar-refractivity contribution in [2.24, 2.45) is 5.10 Å². The fraction of sp³-hybridized carbons (Fsp3) is 0.400. The Morgan fingerprint density at radius 3 is 2.09 bits per heavy atom. The number of benzene rings is 2. The minimum absolute atomic E-state index is 0.0893. The summed E-state index contributed by atoms with van der Waals surface area (Å²) in [6, 6.07) is 14.6. The largest absolute Gasteiger partial charge is 0.497 e. The van der Waals surface area contributed by atoms with Crippen LogP contribution in [0.4, 0.5) is 4.79 Å². The number of likely N-dealkylation sites (N-methyl/N-ethyl adjacent to an activating group) is 1. The lowest BCUT2D eigenvalue weighted by molar-refractivity contribution is -0.133. The lowest BCUT2D eigenvalue weighted by Crippen LogP contribution is -2.49. The van der Waals surface area contributed by atoms with Crippen molar-refractivity contribution in [1.29, 1.82) is 0 Å². The Bertz CT molecular complexity index is 1010. The second kappa shape index (κ2) is 9.94. The van der Waals surface area contributed by atoms with Crippen LogP contribution < -0.4 is 14.8 Å². The Morgan fingerprint density at radius 2 is 1.58 bits per heavy atom. The number of hydrazone groups is 1. The highest BCUT2D eigenvalue weighted by Crippen LogP contribution is 2.34. The highest BCUT2D eigenvalue weighted by atomic mass is 16.5. The number of nitrogens with zero attached hydrogens (tertiary/aromatic N) is 3. The van der Waals surface area contributed by atoms with E-state index in [0.29, 0.717) is 6.42 Å². The molecule has 3 rings (SSSR count). The Hall–Kier alpha value is -3.55. The van der Waals surface area contributed by atoms with Crippen molar-refractivity contribution in [1.82, 2.24) is 15.2 Å². The number of methoxy groups -OCH3 is 2. The van der Waals surface area contributed by atoms with E-state index in [4.69, 9.17) is 9.47 Å². The van der Waals surface area contributed by atoms with E-state index in [1.165, 1.54) is 9.91 Å². The van der Waals surface area contributed by atoms with Gasteiger partial charge in [-0.1, -0.05) is 12.1 Å². The van der Waals surface area contributed by atoms with Gasteiger partial charge < -0.3 is 19.7 Å². The minimum Gasteiger partial charge on any atom is -0.497 e. The predicted molar refractivity (Wildman–Crippen MR) is 128 cm³/mol. The monoisotopic (exact) mass is 452 g/mol. The summed E-state index contributed by atoms with van der Waals surface area (Å²) < 4.78 is 10.5. The molecular formula is C25H32N4O4. The van der Waals surface area contributed by atoms with Crippen LogP contribution in [0, 0.1) is 0 Å². The van der Waals surface area contributed by atoms with E-state index in [1.807, 2.05) is 69.3 Å². The molecule has 176 valence electrons. The molecule has 33 heavy (non-hydrogen) atoms. The summed E-state index contributed by atoms with van der Waals surface area (Å²) >= 11 is 0. The first-order valence-electron chi connectivity index (χ1n) is 10.8. The van der Waals surface area contributed by atoms with Crippen LogP contribution in [0.1, 0.15) is 44.4 Å². The number of carbonyl (C=O) groups is 2.